The Hall–Kier alpha value is -1.21. The Labute approximate surface area is 107 Å². The molecule has 1 aliphatic rings. The number of hydrogen-bond acceptors (Lipinski definition) is 5. The van der Waals surface area contributed by atoms with E-state index in [2.05, 4.69) is 19.6 Å². The van der Waals surface area contributed by atoms with Gasteiger partial charge in [0.05, 0.1) is 18.5 Å². The van der Waals surface area contributed by atoms with Gasteiger partial charge in [-0.2, -0.15) is 0 Å². The summed E-state index contributed by atoms with van der Waals surface area (Å²) in [5.74, 6) is 0.697. The molecule has 1 aromatic heterocycles. The van der Waals surface area contributed by atoms with Gasteiger partial charge in [-0.3, -0.25) is 0 Å². The van der Waals surface area contributed by atoms with E-state index in [4.69, 9.17) is 0 Å². The van der Waals surface area contributed by atoms with E-state index in [9.17, 15) is 8.42 Å². The van der Waals surface area contributed by atoms with Crippen molar-refractivity contribution >= 4 is 16.0 Å². The van der Waals surface area contributed by atoms with E-state index in [1.54, 1.807) is 12.3 Å². The molecular formula is C11H18N4O2S. The zero-order valence-electron chi connectivity index (χ0n) is 10.5. The number of sulfonamides is 1. The van der Waals surface area contributed by atoms with Crippen LogP contribution >= 0.6 is 0 Å². The van der Waals surface area contributed by atoms with Gasteiger partial charge < -0.3 is 4.90 Å². The van der Waals surface area contributed by atoms with Gasteiger partial charge >= 0.3 is 0 Å². The van der Waals surface area contributed by atoms with Gasteiger partial charge in [0.15, 0.2) is 0 Å². The van der Waals surface area contributed by atoms with Crippen molar-refractivity contribution < 1.29 is 8.42 Å². The molecule has 7 heteroatoms. The highest BCUT2D eigenvalue weighted by molar-refractivity contribution is 7.88. The van der Waals surface area contributed by atoms with Crippen molar-refractivity contribution in [1.82, 2.24) is 14.7 Å². The molecule has 0 amide bonds. The lowest BCUT2D eigenvalue weighted by Gasteiger charge is -2.26. The molecule has 1 aromatic rings. The van der Waals surface area contributed by atoms with Crippen LogP contribution in [0.2, 0.25) is 0 Å². The zero-order valence-corrected chi connectivity index (χ0v) is 11.3. The lowest BCUT2D eigenvalue weighted by Crippen LogP contribution is -2.31. The second-order valence-corrected chi connectivity index (χ2v) is 6.32. The van der Waals surface area contributed by atoms with Gasteiger partial charge in [-0.1, -0.05) is 0 Å². The fourth-order valence-corrected chi connectivity index (χ4v) is 2.34. The number of nitrogens with one attached hydrogen (secondary N) is 1. The maximum absolute atomic E-state index is 11.0. The minimum absolute atomic E-state index is 0.211. The molecule has 2 rings (SSSR count). The molecule has 1 fully saturated rings. The molecule has 6 nitrogen and oxygen atoms in total. The molecule has 0 unspecified atom stereocenters. The standard InChI is InChI=1S/C11H18N4O2S/c1-18(16,17)13-9-10-5-6-12-11(14-10)15-7-3-2-4-8-15/h5-6,13H,2-4,7-9H2,1H3. The summed E-state index contributed by atoms with van der Waals surface area (Å²) in [6.07, 6.45) is 6.39. The van der Waals surface area contributed by atoms with Gasteiger partial charge in [0, 0.05) is 19.3 Å². The maximum atomic E-state index is 11.0. The predicted molar refractivity (Wildman–Crippen MR) is 69.8 cm³/mol. The van der Waals surface area contributed by atoms with E-state index in [0.717, 1.165) is 32.2 Å². The summed E-state index contributed by atoms with van der Waals surface area (Å²) in [7, 11) is -3.18. The molecule has 0 bridgehead atoms. The van der Waals surface area contributed by atoms with Gasteiger partial charge in [-0.25, -0.2) is 23.1 Å². The molecule has 0 spiro atoms. The van der Waals surface area contributed by atoms with Crippen LogP contribution in [-0.4, -0.2) is 37.7 Å². The quantitative estimate of drug-likeness (QED) is 0.863. The highest BCUT2D eigenvalue weighted by Gasteiger charge is 2.13. The molecule has 0 aliphatic carbocycles. The topological polar surface area (TPSA) is 75.2 Å². The van der Waals surface area contributed by atoms with E-state index >= 15 is 0 Å². The molecule has 0 radical (unpaired) electrons. The Kier molecular flexibility index (Phi) is 4.13. The molecule has 1 N–H and O–H groups in total. The third-order valence-electron chi connectivity index (χ3n) is 2.85. The number of aromatic nitrogens is 2. The van der Waals surface area contributed by atoms with Gasteiger partial charge in [-0.15, -0.1) is 0 Å². The van der Waals surface area contributed by atoms with Crippen molar-refractivity contribution in [3.8, 4) is 0 Å². The largest absolute Gasteiger partial charge is 0.341 e. The highest BCUT2D eigenvalue weighted by atomic mass is 32.2. The van der Waals surface area contributed by atoms with Gasteiger partial charge in [0.25, 0.3) is 0 Å². The average molecular weight is 270 g/mol. The van der Waals surface area contributed by atoms with Crippen LogP contribution in [-0.2, 0) is 16.6 Å². The Balaban J connectivity index is 2.04. The normalized spacial score (nSPS) is 16.8. The second-order valence-electron chi connectivity index (χ2n) is 4.49. The van der Waals surface area contributed by atoms with Gasteiger partial charge in [0.2, 0.25) is 16.0 Å². The van der Waals surface area contributed by atoms with Crippen LogP contribution < -0.4 is 9.62 Å². The first kappa shape index (κ1) is 13.2. The molecule has 2 heterocycles. The third kappa shape index (κ3) is 3.92. The summed E-state index contributed by atoms with van der Waals surface area (Å²) in [5, 5.41) is 0. The minimum Gasteiger partial charge on any atom is -0.341 e. The summed E-state index contributed by atoms with van der Waals surface area (Å²) in [5.41, 5.74) is 0.691. The van der Waals surface area contributed by atoms with Crippen molar-refractivity contribution in [3.63, 3.8) is 0 Å². The van der Waals surface area contributed by atoms with E-state index in [0.29, 0.717) is 11.6 Å². The van der Waals surface area contributed by atoms with Crippen molar-refractivity contribution in [2.45, 2.75) is 25.8 Å². The monoisotopic (exact) mass is 270 g/mol. The molecule has 1 saturated heterocycles. The summed E-state index contributed by atoms with van der Waals surface area (Å²) in [6.45, 7) is 2.16. The van der Waals surface area contributed by atoms with E-state index < -0.39 is 10.0 Å². The molecule has 0 atom stereocenters. The van der Waals surface area contributed by atoms with Crippen LogP contribution in [0.3, 0.4) is 0 Å². The van der Waals surface area contributed by atoms with Gasteiger partial charge in [0.1, 0.15) is 0 Å². The van der Waals surface area contributed by atoms with Crippen LogP contribution in [0, 0.1) is 0 Å². The molecule has 18 heavy (non-hydrogen) atoms. The number of nitrogens with zero attached hydrogens (tertiary/aromatic N) is 3. The first-order valence-electron chi connectivity index (χ1n) is 6.06. The van der Waals surface area contributed by atoms with Crippen LogP contribution in [0.15, 0.2) is 12.3 Å². The first-order valence-corrected chi connectivity index (χ1v) is 7.95. The summed E-state index contributed by atoms with van der Waals surface area (Å²) in [4.78, 5) is 10.8. The lowest BCUT2D eigenvalue weighted by atomic mass is 10.1. The lowest BCUT2D eigenvalue weighted by molar-refractivity contribution is 0.566. The number of hydrogen-bond donors (Lipinski definition) is 1. The van der Waals surface area contributed by atoms with Crippen LogP contribution in [0.1, 0.15) is 25.0 Å². The number of piperidine rings is 1. The van der Waals surface area contributed by atoms with Crippen molar-refractivity contribution in [1.29, 1.82) is 0 Å². The van der Waals surface area contributed by atoms with Crippen molar-refractivity contribution in [3.05, 3.63) is 18.0 Å². The molecule has 1 aliphatic heterocycles. The average Bonchev–Trinajstić information content (AvgIpc) is 2.37. The Morgan fingerprint density at radius 3 is 2.72 bits per heavy atom. The molecular weight excluding hydrogens is 252 g/mol. The summed E-state index contributed by atoms with van der Waals surface area (Å²) >= 11 is 0. The Morgan fingerprint density at radius 2 is 2.06 bits per heavy atom. The van der Waals surface area contributed by atoms with E-state index in [1.165, 1.54) is 6.42 Å². The third-order valence-corrected chi connectivity index (χ3v) is 3.52. The first-order chi connectivity index (χ1) is 8.54. The van der Waals surface area contributed by atoms with Crippen LogP contribution in [0.5, 0.6) is 0 Å². The molecule has 0 saturated carbocycles. The van der Waals surface area contributed by atoms with Crippen molar-refractivity contribution in [2.24, 2.45) is 0 Å². The minimum atomic E-state index is -3.18. The van der Waals surface area contributed by atoms with E-state index in [-0.39, 0.29) is 6.54 Å². The predicted octanol–water partition coefficient (Wildman–Crippen LogP) is 0.516. The van der Waals surface area contributed by atoms with Gasteiger partial charge in [-0.05, 0) is 25.3 Å². The van der Waals surface area contributed by atoms with E-state index in [1.807, 2.05) is 0 Å². The molecule has 0 aromatic carbocycles. The number of anilines is 1. The molecule has 100 valence electrons. The number of rotatable bonds is 4. The summed E-state index contributed by atoms with van der Waals surface area (Å²) in [6, 6.07) is 1.73. The second kappa shape index (κ2) is 5.62. The zero-order chi connectivity index (χ0) is 13.0. The maximum Gasteiger partial charge on any atom is 0.225 e. The summed E-state index contributed by atoms with van der Waals surface area (Å²) < 4.78 is 24.5. The Morgan fingerprint density at radius 1 is 1.33 bits per heavy atom. The fourth-order valence-electron chi connectivity index (χ4n) is 1.93. The highest BCUT2D eigenvalue weighted by Crippen LogP contribution is 2.15. The fraction of sp³-hybridized carbons (Fsp3) is 0.636. The Bertz CT molecular complexity index is 498. The van der Waals surface area contributed by atoms with Crippen LogP contribution in [0.25, 0.3) is 0 Å². The van der Waals surface area contributed by atoms with Crippen molar-refractivity contribution in [2.75, 3.05) is 24.2 Å². The van der Waals surface area contributed by atoms with Crippen LogP contribution in [0.4, 0.5) is 5.95 Å². The smallest absolute Gasteiger partial charge is 0.225 e. The SMILES string of the molecule is CS(=O)(=O)NCc1ccnc(N2CCCCC2)n1.